The Morgan fingerprint density at radius 3 is 2.75 bits per heavy atom. The van der Waals surface area contributed by atoms with Gasteiger partial charge in [-0.25, -0.2) is 4.68 Å². The Labute approximate surface area is 116 Å². The molecule has 0 fully saturated rings. The highest BCUT2D eigenvalue weighted by Crippen LogP contribution is 2.26. The predicted octanol–water partition coefficient (Wildman–Crippen LogP) is 0.730. The molecule has 0 aliphatic heterocycles. The maximum atomic E-state index is 8.99. The van der Waals surface area contributed by atoms with Crippen molar-refractivity contribution in [3.63, 3.8) is 0 Å². The summed E-state index contributed by atoms with van der Waals surface area (Å²) in [4.78, 5) is 0. The number of rotatable bonds is 6. The number of para-hydroxylation sites is 2. The molecule has 0 amide bonds. The number of hydrogen-bond acceptors (Lipinski definition) is 6. The molecule has 0 unspecified atom stereocenters. The lowest BCUT2D eigenvalue weighted by molar-refractivity contribution is 0.247. The lowest BCUT2D eigenvalue weighted by Crippen LogP contribution is -2.11. The molecule has 0 spiro atoms. The van der Waals surface area contributed by atoms with E-state index < -0.39 is 0 Å². The Kier molecular flexibility index (Phi) is 4.52. The Morgan fingerprint density at radius 2 is 2.10 bits per heavy atom. The molecular formula is C13H14N4O3. The number of nitriles is 1. The Morgan fingerprint density at radius 1 is 1.35 bits per heavy atom. The van der Waals surface area contributed by atoms with Gasteiger partial charge in [0.25, 0.3) is 0 Å². The van der Waals surface area contributed by atoms with Crippen molar-refractivity contribution in [3.8, 4) is 17.6 Å². The average Bonchev–Trinajstić information content (AvgIpc) is 2.88. The molecule has 2 aromatic rings. The summed E-state index contributed by atoms with van der Waals surface area (Å²) >= 11 is 0. The monoisotopic (exact) mass is 274 g/mol. The van der Waals surface area contributed by atoms with Gasteiger partial charge in [-0.1, -0.05) is 17.3 Å². The number of ether oxygens (including phenoxy) is 2. The van der Waals surface area contributed by atoms with Gasteiger partial charge in [0.2, 0.25) is 0 Å². The molecule has 1 aromatic heterocycles. The first kappa shape index (κ1) is 13.8. The number of aliphatic hydroxyl groups is 1. The minimum absolute atomic E-state index is 0.0874. The van der Waals surface area contributed by atoms with Crippen LogP contribution in [0.5, 0.6) is 11.5 Å². The highest BCUT2D eigenvalue weighted by atomic mass is 16.5. The van der Waals surface area contributed by atoms with E-state index in [2.05, 4.69) is 10.3 Å². The number of aromatic nitrogens is 3. The van der Waals surface area contributed by atoms with Gasteiger partial charge in [0.05, 0.1) is 20.3 Å². The summed E-state index contributed by atoms with van der Waals surface area (Å²) in [5.41, 5.74) is 0.709. The Bertz CT molecular complexity index is 618. The van der Waals surface area contributed by atoms with E-state index in [1.54, 1.807) is 19.2 Å². The molecule has 20 heavy (non-hydrogen) atoms. The quantitative estimate of drug-likeness (QED) is 0.834. The molecule has 0 bridgehead atoms. The minimum Gasteiger partial charge on any atom is -0.493 e. The predicted molar refractivity (Wildman–Crippen MR) is 69.1 cm³/mol. The van der Waals surface area contributed by atoms with E-state index in [4.69, 9.17) is 19.8 Å². The molecule has 1 N–H and O–H groups in total. The second-order valence-electron chi connectivity index (χ2n) is 3.88. The zero-order chi connectivity index (χ0) is 14.4. The smallest absolute Gasteiger partial charge is 0.189 e. The summed E-state index contributed by atoms with van der Waals surface area (Å²) in [6.07, 6.45) is 0. The van der Waals surface area contributed by atoms with Crippen LogP contribution in [0.1, 0.15) is 11.4 Å². The highest BCUT2D eigenvalue weighted by molar-refractivity contribution is 5.39. The van der Waals surface area contributed by atoms with E-state index in [0.717, 1.165) is 0 Å². The maximum Gasteiger partial charge on any atom is 0.189 e. The summed E-state index contributed by atoms with van der Waals surface area (Å²) in [7, 11) is 1.56. The molecule has 1 heterocycles. The summed E-state index contributed by atoms with van der Waals surface area (Å²) in [6.45, 7) is 0.297. The molecule has 0 aliphatic rings. The first-order chi connectivity index (χ1) is 9.80. The van der Waals surface area contributed by atoms with Gasteiger partial charge in [-0.3, -0.25) is 0 Å². The van der Waals surface area contributed by atoms with Gasteiger partial charge in [-0.15, -0.1) is 5.10 Å². The van der Waals surface area contributed by atoms with Crippen molar-refractivity contribution in [2.45, 2.75) is 13.2 Å². The van der Waals surface area contributed by atoms with E-state index in [1.165, 1.54) is 4.68 Å². The maximum absolute atomic E-state index is 8.99. The second kappa shape index (κ2) is 6.54. The largest absolute Gasteiger partial charge is 0.493 e. The zero-order valence-electron chi connectivity index (χ0n) is 11.0. The van der Waals surface area contributed by atoms with Crippen LogP contribution in [-0.2, 0) is 13.2 Å². The van der Waals surface area contributed by atoms with Gasteiger partial charge in [-0.2, -0.15) is 5.26 Å². The summed E-state index contributed by atoms with van der Waals surface area (Å²) in [5, 5.41) is 25.5. The van der Waals surface area contributed by atoms with Crippen molar-refractivity contribution in [2.75, 3.05) is 13.7 Å². The van der Waals surface area contributed by atoms with Gasteiger partial charge < -0.3 is 14.6 Å². The van der Waals surface area contributed by atoms with Crippen molar-refractivity contribution >= 4 is 0 Å². The van der Waals surface area contributed by atoms with E-state index >= 15 is 0 Å². The van der Waals surface area contributed by atoms with Crippen LogP contribution in [0.15, 0.2) is 24.3 Å². The van der Waals surface area contributed by atoms with Gasteiger partial charge in [0, 0.05) is 0 Å². The van der Waals surface area contributed by atoms with Crippen LogP contribution in [0.3, 0.4) is 0 Å². The first-order valence-corrected chi connectivity index (χ1v) is 5.99. The fourth-order valence-corrected chi connectivity index (χ4v) is 1.72. The van der Waals surface area contributed by atoms with Crippen LogP contribution in [0.4, 0.5) is 0 Å². The molecule has 104 valence electrons. The Balaban J connectivity index is 2.18. The third-order valence-electron chi connectivity index (χ3n) is 2.69. The number of methoxy groups -OCH3 is 1. The van der Waals surface area contributed by atoms with E-state index in [1.807, 2.05) is 18.2 Å². The van der Waals surface area contributed by atoms with E-state index in [9.17, 15) is 0 Å². The van der Waals surface area contributed by atoms with Crippen molar-refractivity contribution in [1.29, 1.82) is 5.26 Å². The molecule has 0 atom stereocenters. The SMILES string of the molecule is COc1ccccc1OCc1c(C#N)nnn1CCO. The minimum atomic E-state index is -0.0874. The molecule has 2 rings (SSSR count). The van der Waals surface area contributed by atoms with Crippen LogP contribution in [0, 0.1) is 11.3 Å². The summed E-state index contributed by atoms with van der Waals surface area (Å²) < 4.78 is 12.3. The normalized spacial score (nSPS) is 10.1. The van der Waals surface area contributed by atoms with Crippen LogP contribution < -0.4 is 9.47 Å². The fourth-order valence-electron chi connectivity index (χ4n) is 1.72. The molecular weight excluding hydrogens is 260 g/mol. The van der Waals surface area contributed by atoms with Crippen LogP contribution in [0.2, 0.25) is 0 Å². The highest BCUT2D eigenvalue weighted by Gasteiger charge is 2.14. The fraction of sp³-hybridized carbons (Fsp3) is 0.308. The molecule has 7 heteroatoms. The first-order valence-electron chi connectivity index (χ1n) is 5.99. The lowest BCUT2D eigenvalue weighted by Gasteiger charge is -2.10. The molecule has 1 aromatic carbocycles. The molecule has 0 aliphatic carbocycles. The zero-order valence-corrected chi connectivity index (χ0v) is 11.0. The summed E-state index contributed by atoms with van der Waals surface area (Å²) in [5.74, 6) is 1.17. The number of benzene rings is 1. The third-order valence-corrected chi connectivity index (χ3v) is 2.69. The van der Waals surface area contributed by atoms with E-state index in [-0.39, 0.29) is 25.5 Å². The number of nitrogens with zero attached hydrogens (tertiary/aromatic N) is 4. The lowest BCUT2D eigenvalue weighted by atomic mass is 10.3. The topological polar surface area (TPSA) is 93.2 Å². The molecule has 7 nitrogen and oxygen atoms in total. The van der Waals surface area contributed by atoms with Gasteiger partial charge >= 0.3 is 0 Å². The van der Waals surface area contributed by atoms with Crippen LogP contribution in [0.25, 0.3) is 0 Å². The van der Waals surface area contributed by atoms with E-state index in [0.29, 0.717) is 17.2 Å². The average molecular weight is 274 g/mol. The van der Waals surface area contributed by atoms with Crippen molar-refractivity contribution < 1.29 is 14.6 Å². The van der Waals surface area contributed by atoms with Crippen molar-refractivity contribution in [2.24, 2.45) is 0 Å². The van der Waals surface area contributed by atoms with Crippen LogP contribution >= 0.6 is 0 Å². The van der Waals surface area contributed by atoms with Gasteiger partial charge in [-0.05, 0) is 12.1 Å². The van der Waals surface area contributed by atoms with Crippen molar-refractivity contribution in [1.82, 2.24) is 15.0 Å². The van der Waals surface area contributed by atoms with Crippen LogP contribution in [-0.4, -0.2) is 33.8 Å². The Hall–Kier alpha value is -2.59. The molecule has 0 radical (unpaired) electrons. The summed E-state index contributed by atoms with van der Waals surface area (Å²) in [6, 6.07) is 9.17. The molecule has 0 saturated carbocycles. The number of aliphatic hydroxyl groups excluding tert-OH is 1. The third kappa shape index (κ3) is 2.87. The van der Waals surface area contributed by atoms with Crippen molar-refractivity contribution in [3.05, 3.63) is 35.7 Å². The molecule has 0 saturated heterocycles. The number of hydrogen-bond donors (Lipinski definition) is 1. The standard InChI is InChI=1S/C13H14N4O3/c1-19-12-4-2-3-5-13(12)20-9-11-10(8-14)15-16-17(11)6-7-18/h2-5,18H,6-7,9H2,1H3. The van der Waals surface area contributed by atoms with Gasteiger partial charge in [0.15, 0.2) is 17.2 Å². The second-order valence-corrected chi connectivity index (χ2v) is 3.88. The van der Waals surface area contributed by atoms with Gasteiger partial charge in [0.1, 0.15) is 18.4 Å².